The first-order chi connectivity index (χ1) is 8.81. The quantitative estimate of drug-likeness (QED) is 0.770. The highest BCUT2D eigenvalue weighted by atomic mass is 16.5. The summed E-state index contributed by atoms with van der Waals surface area (Å²) in [6.07, 6.45) is 1.53. The summed E-state index contributed by atoms with van der Waals surface area (Å²) >= 11 is 0. The molecule has 2 rings (SSSR count). The van der Waals surface area contributed by atoms with Crippen molar-refractivity contribution in [2.75, 3.05) is 0 Å². The smallest absolute Gasteiger partial charge is 0.357 e. The van der Waals surface area contributed by atoms with Crippen LogP contribution in [0.3, 0.4) is 0 Å². The van der Waals surface area contributed by atoms with E-state index in [0.29, 0.717) is 11.1 Å². The molecule has 0 saturated heterocycles. The van der Waals surface area contributed by atoms with Crippen LogP contribution in [0.15, 0.2) is 48.7 Å². The van der Waals surface area contributed by atoms with Gasteiger partial charge in [-0.05, 0) is 18.2 Å². The molecule has 18 heavy (non-hydrogen) atoms. The van der Waals surface area contributed by atoms with Crippen LogP contribution < -0.4 is 0 Å². The third-order valence-electron chi connectivity index (χ3n) is 2.37. The minimum atomic E-state index is -0.497. The number of carbonyl (C=O) groups is 1. The first-order valence-corrected chi connectivity index (χ1v) is 5.37. The van der Waals surface area contributed by atoms with E-state index in [9.17, 15) is 4.79 Å². The fourth-order valence-corrected chi connectivity index (χ4v) is 1.46. The van der Waals surface area contributed by atoms with Gasteiger partial charge < -0.3 is 4.74 Å². The Morgan fingerprint density at radius 2 is 2.00 bits per heavy atom. The highest BCUT2D eigenvalue weighted by Crippen LogP contribution is 2.09. The number of nitrogens with zero attached hydrogens (tertiary/aromatic N) is 2. The molecule has 1 aromatic heterocycles. The van der Waals surface area contributed by atoms with E-state index in [2.05, 4.69) is 11.1 Å². The summed E-state index contributed by atoms with van der Waals surface area (Å²) in [7, 11) is 0. The van der Waals surface area contributed by atoms with Crippen LogP contribution in [-0.2, 0) is 11.3 Å². The van der Waals surface area contributed by atoms with Gasteiger partial charge in [-0.1, -0.05) is 24.3 Å². The van der Waals surface area contributed by atoms with Gasteiger partial charge in [-0.3, -0.25) is 0 Å². The lowest BCUT2D eigenvalue weighted by Crippen LogP contribution is -2.07. The Bertz CT molecular complexity index is 588. The van der Waals surface area contributed by atoms with Crippen molar-refractivity contribution in [1.82, 2.24) is 4.98 Å². The lowest BCUT2D eigenvalue weighted by atomic mass is 10.1. The van der Waals surface area contributed by atoms with Gasteiger partial charge in [-0.15, -0.1) is 0 Å². The number of ether oxygens (including phenoxy) is 1. The van der Waals surface area contributed by atoms with E-state index in [1.54, 1.807) is 42.5 Å². The first kappa shape index (κ1) is 11.8. The van der Waals surface area contributed by atoms with E-state index in [4.69, 9.17) is 10.00 Å². The van der Waals surface area contributed by atoms with Gasteiger partial charge in [0.2, 0.25) is 0 Å². The Morgan fingerprint density at radius 1 is 1.22 bits per heavy atom. The fourth-order valence-electron chi connectivity index (χ4n) is 1.46. The molecular formula is C14H10N2O2. The van der Waals surface area contributed by atoms with Gasteiger partial charge in [0.1, 0.15) is 12.3 Å². The highest BCUT2D eigenvalue weighted by Gasteiger charge is 2.09. The van der Waals surface area contributed by atoms with Gasteiger partial charge in [0.05, 0.1) is 11.6 Å². The second kappa shape index (κ2) is 5.60. The first-order valence-electron chi connectivity index (χ1n) is 5.37. The molecule has 0 unspecified atom stereocenters. The minimum Gasteiger partial charge on any atom is -0.456 e. The monoisotopic (exact) mass is 238 g/mol. The van der Waals surface area contributed by atoms with Crippen LogP contribution >= 0.6 is 0 Å². The van der Waals surface area contributed by atoms with E-state index < -0.39 is 5.97 Å². The second-order valence-corrected chi connectivity index (χ2v) is 3.56. The molecule has 0 aliphatic rings. The zero-order valence-electron chi connectivity index (χ0n) is 9.54. The van der Waals surface area contributed by atoms with Crippen LogP contribution in [0, 0.1) is 11.3 Å². The summed E-state index contributed by atoms with van der Waals surface area (Å²) in [6, 6.07) is 14.1. The number of aromatic nitrogens is 1. The lowest BCUT2D eigenvalue weighted by molar-refractivity contribution is 0.0465. The Morgan fingerprint density at radius 3 is 2.72 bits per heavy atom. The average Bonchev–Trinajstić information content (AvgIpc) is 2.46. The van der Waals surface area contributed by atoms with E-state index in [-0.39, 0.29) is 12.3 Å². The number of nitriles is 1. The van der Waals surface area contributed by atoms with Crippen LogP contribution in [0.2, 0.25) is 0 Å². The van der Waals surface area contributed by atoms with Crippen molar-refractivity contribution in [2.45, 2.75) is 6.61 Å². The number of rotatable bonds is 3. The second-order valence-electron chi connectivity index (χ2n) is 3.56. The molecule has 0 atom stereocenters. The van der Waals surface area contributed by atoms with Crippen LogP contribution in [0.5, 0.6) is 0 Å². The van der Waals surface area contributed by atoms with E-state index in [1.165, 1.54) is 6.20 Å². The normalized spacial score (nSPS) is 9.50. The van der Waals surface area contributed by atoms with Crippen molar-refractivity contribution in [1.29, 1.82) is 5.26 Å². The number of carbonyl (C=O) groups excluding carboxylic acids is 1. The molecular weight excluding hydrogens is 228 g/mol. The molecule has 0 aliphatic heterocycles. The molecule has 4 nitrogen and oxygen atoms in total. The van der Waals surface area contributed by atoms with Gasteiger partial charge in [-0.25, -0.2) is 9.78 Å². The highest BCUT2D eigenvalue weighted by molar-refractivity contribution is 5.87. The van der Waals surface area contributed by atoms with Crippen molar-refractivity contribution < 1.29 is 9.53 Å². The summed E-state index contributed by atoms with van der Waals surface area (Å²) in [5.74, 6) is -0.497. The zero-order valence-corrected chi connectivity index (χ0v) is 9.54. The molecule has 0 radical (unpaired) electrons. The SMILES string of the molecule is N#Cc1ccccc1COC(=O)c1ccccn1. The number of hydrogen-bond acceptors (Lipinski definition) is 4. The molecule has 0 spiro atoms. The Hall–Kier alpha value is -2.67. The largest absolute Gasteiger partial charge is 0.456 e. The topological polar surface area (TPSA) is 63.0 Å². The van der Waals surface area contributed by atoms with Gasteiger partial charge >= 0.3 is 5.97 Å². The van der Waals surface area contributed by atoms with Crippen molar-refractivity contribution in [2.24, 2.45) is 0 Å². The molecule has 88 valence electrons. The summed E-state index contributed by atoms with van der Waals surface area (Å²) in [5, 5.41) is 8.90. The molecule has 2 aromatic rings. The van der Waals surface area contributed by atoms with Crippen LogP contribution in [-0.4, -0.2) is 11.0 Å². The molecule has 0 bridgehead atoms. The summed E-state index contributed by atoms with van der Waals surface area (Å²) in [6.45, 7) is 0.0686. The number of benzene rings is 1. The Kier molecular flexibility index (Phi) is 3.67. The number of esters is 1. The van der Waals surface area contributed by atoms with Gasteiger partial charge in [0, 0.05) is 11.8 Å². The van der Waals surface area contributed by atoms with Gasteiger partial charge in [0.25, 0.3) is 0 Å². The Labute approximate surface area is 104 Å². The van der Waals surface area contributed by atoms with Crippen molar-refractivity contribution in [3.05, 3.63) is 65.5 Å². The summed E-state index contributed by atoms with van der Waals surface area (Å²) in [5.41, 5.74) is 1.45. The van der Waals surface area contributed by atoms with E-state index >= 15 is 0 Å². The maximum atomic E-state index is 11.6. The average molecular weight is 238 g/mol. The van der Waals surface area contributed by atoms with Crippen LogP contribution in [0.1, 0.15) is 21.6 Å². The molecule has 0 saturated carbocycles. The molecule has 0 aliphatic carbocycles. The number of hydrogen-bond donors (Lipinski definition) is 0. The van der Waals surface area contributed by atoms with Crippen molar-refractivity contribution in [3.63, 3.8) is 0 Å². The molecule has 1 heterocycles. The molecule has 4 heteroatoms. The van der Waals surface area contributed by atoms with Gasteiger partial charge in [0.15, 0.2) is 0 Å². The fraction of sp³-hybridized carbons (Fsp3) is 0.0714. The summed E-state index contributed by atoms with van der Waals surface area (Å²) < 4.78 is 5.10. The maximum Gasteiger partial charge on any atom is 0.357 e. The molecule has 1 aromatic carbocycles. The standard InChI is InChI=1S/C14H10N2O2/c15-9-11-5-1-2-6-12(11)10-18-14(17)13-7-3-4-8-16-13/h1-8H,10H2. The Balaban J connectivity index is 2.05. The predicted octanol–water partition coefficient (Wildman–Crippen LogP) is 2.31. The van der Waals surface area contributed by atoms with Crippen molar-refractivity contribution in [3.8, 4) is 6.07 Å². The van der Waals surface area contributed by atoms with Crippen LogP contribution in [0.25, 0.3) is 0 Å². The van der Waals surface area contributed by atoms with Crippen molar-refractivity contribution >= 4 is 5.97 Å². The van der Waals surface area contributed by atoms with Crippen LogP contribution in [0.4, 0.5) is 0 Å². The van der Waals surface area contributed by atoms with E-state index in [0.717, 1.165) is 0 Å². The minimum absolute atomic E-state index is 0.0686. The predicted molar refractivity (Wildman–Crippen MR) is 64.5 cm³/mol. The van der Waals surface area contributed by atoms with Gasteiger partial charge in [-0.2, -0.15) is 5.26 Å². The third-order valence-corrected chi connectivity index (χ3v) is 2.37. The molecule has 0 amide bonds. The lowest BCUT2D eigenvalue weighted by Gasteiger charge is -2.05. The van der Waals surface area contributed by atoms with E-state index in [1.807, 2.05) is 0 Å². The molecule has 0 fully saturated rings. The number of pyridine rings is 1. The zero-order chi connectivity index (χ0) is 12.8. The maximum absolute atomic E-state index is 11.6. The third kappa shape index (κ3) is 2.71. The summed E-state index contributed by atoms with van der Waals surface area (Å²) in [4.78, 5) is 15.5. The molecule has 0 N–H and O–H groups in total.